The fraction of sp³-hybridized carbons (Fsp3) is 0.241. The molecule has 1 N–H and O–H groups in total. The van der Waals surface area contributed by atoms with Crippen LogP contribution in [0.1, 0.15) is 13.8 Å². The molecule has 0 saturated carbocycles. The molecule has 0 atom stereocenters. The minimum absolute atomic E-state index is 0.294. The van der Waals surface area contributed by atoms with Crippen LogP contribution in [-0.2, 0) is 0 Å². The molecule has 0 spiro atoms. The first-order valence-electron chi connectivity index (χ1n) is 13.4. The number of benzene rings is 2. The summed E-state index contributed by atoms with van der Waals surface area (Å²) >= 11 is 0. The number of anilines is 3. The van der Waals surface area contributed by atoms with Crippen LogP contribution in [0.2, 0.25) is 0 Å². The van der Waals surface area contributed by atoms with E-state index in [1.807, 2.05) is 36.4 Å². The van der Waals surface area contributed by atoms with Gasteiger partial charge in [-0.05, 0) is 56.3 Å². The molecular weight excluding hydrogens is 504 g/mol. The fourth-order valence-corrected chi connectivity index (χ4v) is 5.32. The molecule has 5 heterocycles. The Balaban J connectivity index is 1.22. The molecule has 0 bridgehead atoms. The molecule has 1 aliphatic rings. The van der Waals surface area contributed by atoms with Crippen molar-refractivity contribution in [3.63, 3.8) is 0 Å². The van der Waals surface area contributed by atoms with Gasteiger partial charge in [0.1, 0.15) is 5.39 Å². The van der Waals surface area contributed by atoms with Crippen molar-refractivity contribution in [3.8, 4) is 5.95 Å². The van der Waals surface area contributed by atoms with E-state index in [1.165, 1.54) is 16.4 Å². The number of piperazine rings is 1. The van der Waals surface area contributed by atoms with E-state index in [0.29, 0.717) is 34.6 Å². The third-order valence-electron chi connectivity index (χ3n) is 7.45. The Labute approximate surface area is 229 Å². The zero-order valence-electron chi connectivity index (χ0n) is 22.3. The summed E-state index contributed by atoms with van der Waals surface area (Å²) in [6.07, 6.45) is 4.80. The van der Waals surface area contributed by atoms with E-state index in [1.54, 1.807) is 23.1 Å². The first-order valence-corrected chi connectivity index (χ1v) is 13.4. The average molecular weight is 533 g/mol. The van der Waals surface area contributed by atoms with E-state index in [4.69, 9.17) is 4.98 Å². The molecule has 0 amide bonds. The molecule has 11 nitrogen and oxygen atoms in total. The Morgan fingerprint density at radius 2 is 1.57 bits per heavy atom. The third-order valence-corrected chi connectivity index (χ3v) is 7.45. The van der Waals surface area contributed by atoms with Crippen molar-refractivity contribution < 1.29 is 0 Å². The van der Waals surface area contributed by atoms with Crippen LogP contribution in [0.25, 0.3) is 33.5 Å². The molecule has 6 aromatic rings. The number of para-hydroxylation sites is 1. The first-order chi connectivity index (χ1) is 19.6. The molecule has 1 fully saturated rings. The maximum atomic E-state index is 13.7. The van der Waals surface area contributed by atoms with Crippen molar-refractivity contribution >= 4 is 44.9 Å². The summed E-state index contributed by atoms with van der Waals surface area (Å²) in [5.74, 6) is 0.749. The smallest absolute Gasteiger partial charge is 0.284 e. The van der Waals surface area contributed by atoms with Gasteiger partial charge in [-0.2, -0.15) is 9.50 Å². The van der Waals surface area contributed by atoms with Gasteiger partial charge in [-0.3, -0.25) is 9.69 Å². The maximum Gasteiger partial charge on any atom is 0.284 e. The molecular formula is C29H28N10O. The van der Waals surface area contributed by atoms with Gasteiger partial charge in [-0.1, -0.05) is 12.1 Å². The summed E-state index contributed by atoms with van der Waals surface area (Å²) in [5, 5.41) is 4.36. The van der Waals surface area contributed by atoms with Crippen molar-refractivity contribution in [2.45, 2.75) is 19.9 Å². The number of rotatable bonds is 5. The molecule has 4 aromatic heterocycles. The van der Waals surface area contributed by atoms with Gasteiger partial charge in [0.05, 0.1) is 5.52 Å². The Kier molecular flexibility index (Phi) is 5.85. The first kappa shape index (κ1) is 24.2. The Morgan fingerprint density at radius 1 is 0.825 bits per heavy atom. The Hall–Kier alpha value is -4.90. The van der Waals surface area contributed by atoms with Gasteiger partial charge in [-0.15, -0.1) is 0 Å². The Morgan fingerprint density at radius 3 is 2.33 bits per heavy atom. The third kappa shape index (κ3) is 4.11. The second kappa shape index (κ2) is 9.69. The van der Waals surface area contributed by atoms with Crippen molar-refractivity contribution in [3.05, 3.63) is 83.5 Å². The van der Waals surface area contributed by atoms with Gasteiger partial charge >= 0.3 is 0 Å². The number of fused-ring (bicyclic) bond motifs is 4. The second-order valence-electron chi connectivity index (χ2n) is 10.1. The molecule has 11 heteroatoms. The number of hydrogen-bond acceptors (Lipinski definition) is 9. The van der Waals surface area contributed by atoms with Gasteiger partial charge in [-0.25, -0.2) is 24.6 Å². The number of nitrogens with one attached hydrogen (secondary N) is 1. The van der Waals surface area contributed by atoms with Crippen molar-refractivity contribution in [2.75, 3.05) is 36.4 Å². The zero-order valence-corrected chi connectivity index (χ0v) is 22.3. The van der Waals surface area contributed by atoms with Gasteiger partial charge in [0, 0.05) is 67.6 Å². The van der Waals surface area contributed by atoms with E-state index in [-0.39, 0.29) is 5.56 Å². The monoisotopic (exact) mass is 532 g/mol. The van der Waals surface area contributed by atoms with E-state index in [0.717, 1.165) is 42.8 Å². The van der Waals surface area contributed by atoms with Crippen LogP contribution in [0.4, 0.5) is 17.3 Å². The van der Waals surface area contributed by atoms with E-state index >= 15 is 0 Å². The predicted octanol–water partition coefficient (Wildman–Crippen LogP) is 3.65. The highest BCUT2D eigenvalue weighted by molar-refractivity contribution is 5.95. The van der Waals surface area contributed by atoms with E-state index in [9.17, 15) is 4.79 Å². The lowest BCUT2D eigenvalue weighted by atomic mass is 10.2. The van der Waals surface area contributed by atoms with Gasteiger partial charge in [0.2, 0.25) is 11.9 Å². The standard InChI is InChI=1S/C29H28N10O/c1-19(2)36-14-16-37(17-15-36)21-10-8-20(9-11-21)33-28-32-18-23-25(35-28)34-26-22-6-3-4-7-24(22)38(39(26)27(23)40)29-30-12-5-13-31-29/h3-13,18-19H,14-17H2,1-2H3,(H,32,33,35). The van der Waals surface area contributed by atoms with Crippen LogP contribution in [0.15, 0.2) is 78.0 Å². The normalized spacial score (nSPS) is 14.5. The largest absolute Gasteiger partial charge is 0.369 e. The second-order valence-corrected chi connectivity index (χ2v) is 10.1. The summed E-state index contributed by atoms with van der Waals surface area (Å²) in [7, 11) is 0. The maximum absolute atomic E-state index is 13.7. The van der Waals surface area contributed by atoms with Gasteiger partial charge in [0.25, 0.3) is 5.56 Å². The lowest BCUT2D eigenvalue weighted by Crippen LogP contribution is -2.48. The van der Waals surface area contributed by atoms with Crippen LogP contribution in [0.3, 0.4) is 0 Å². The molecule has 1 aliphatic heterocycles. The topological polar surface area (TPSA) is 109 Å². The summed E-state index contributed by atoms with van der Waals surface area (Å²) in [6, 6.07) is 18.2. The minimum atomic E-state index is -0.294. The molecule has 1 saturated heterocycles. The molecule has 0 unspecified atom stereocenters. The summed E-state index contributed by atoms with van der Waals surface area (Å²) in [5.41, 5.74) is 3.33. The van der Waals surface area contributed by atoms with Crippen LogP contribution >= 0.6 is 0 Å². The van der Waals surface area contributed by atoms with Crippen LogP contribution in [-0.4, -0.2) is 71.2 Å². The Bertz CT molecular complexity index is 1890. The van der Waals surface area contributed by atoms with Crippen molar-refractivity contribution in [1.82, 2.24) is 39.0 Å². The van der Waals surface area contributed by atoms with Gasteiger partial charge in [0.15, 0.2) is 11.3 Å². The van der Waals surface area contributed by atoms with E-state index < -0.39 is 0 Å². The summed E-state index contributed by atoms with van der Waals surface area (Å²) in [6.45, 7) is 8.66. The minimum Gasteiger partial charge on any atom is -0.369 e. The quantitative estimate of drug-likeness (QED) is 0.356. The van der Waals surface area contributed by atoms with Crippen LogP contribution in [0, 0.1) is 0 Å². The molecule has 40 heavy (non-hydrogen) atoms. The lowest BCUT2D eigenvalue weighted by molar-refractivity contribution is 0.209. The number of hydrogen-bond donors (Lipinski definition) is 1. The molecule has 7 rings (SSSR count). The van der Waals surface area contributed by atoms with E-state index in [2.05, 4.69) is 61.0 Å². The molecule has 200 valence electrons. The highest BCUT2D eigenvalue weighted by Crippen LogP contribution is 2.25. The lowest BCUT2D eigenvalue weighted by Gasteiger charge is -2.38. The average Bonchev–Trinajstić information content (AvgIpc) is 3.33. The predicted molar refractivity (Wildman–Crippen MR) is 156 cm³/mol. The highest BCUT2D eigenvalue weighted by atomic mass is 16.1. The fourth-order valence-electron chi connectivity index (χ4n) is 5.32. The SMILES string of the molecule is CC(C)N1CCN(c2ccc(Nc3ncc4c(=O)n5c(nc4n3)c3ccccc3n5-c3ncccn3)cc2)CC1. The number of nitrogens with zero attached hydrogens (tertiary/aromatic N) is 9. The number of aromatic nitrogens is 7. The van der Waals surface area contributed by atoms with Crippen LogP contribution < -0.4 is 15.8 Å². The summed E-state index contributed by atoms with van der Waals surface area (Å²) in [4.78, 5) is 41.2. The summed E-state index contributed by atoms with van der Waals surface area (Å²) < 4.78 is 3.16. The highest BCUT2D eigenvalue weighted by Gasteiger charge is 2.20. The van der Waals surface area contributed by atoms with Crippen molar-refractivity contribution in [2.24, 2.45) is 0 Å². The van der Waals surface area contributed by atoms with Crippen LogP contribution in [0.5, 0.6) is 0 Å². The van der Waals surface area contributed by atoms with Crippen molar-refractivity contribution in [1.29, 1.82) is 0 Å². The molecule has 2 aromatic carbocycles. The molecule has 0 aliphatic carbocycles. The molecule has 0 radical (unpaired) electrons. The van der Waals surface area contributed by atoms with Gasteiger partial charge < -0.3 is 10.2 Å². The zero-order chi connectivity index (χ0) is 27.2.